The average molecular weight is 457 g/mol. The van der Waals surface area contributed by atoms with E-state index in [1.807, 2.05) is 4.72 Å². The Hall–Kier alpha value is -2.13. The van der Waals surface area contributed by atoms with E-state index >= 15 is 0 Å². The normalized spacial score (nSPS) is 11.2. The van der Waals surface area contributed by atoms with Crippen LogP contribution in [0.1, 0.15) is 5.56 Å². The fourth-order valence-corrected chi connectivity index (χ4v) is 4.68. The number of hydrogen-bond donors (Lipinski definition) is 1. The van der Waals surface area contributed by atoms with Crippen LogP contribution in [-0.4, -0.2) is 25.9 Å². The van der Waals surface area contributed by atoms with E-state index < -0.39 is 22.5 Å². The number of nitrogens with one attached hydrogen (secondary N) is 1. The minimum atomic E-state index is -4.10. The second-order valence-electron chi connectivity index (χ2n) is 5.72. The molecule has 28 heavy (non-hydrogen) atoms. The largest absolute Gasteiger partial charge is 0.483 e. The molecular formula is C18H14Cl2N2O4S2. The van der Waals surface area contributed by atoms with Gasteiger partial charge in [-0.2, -0.15) is 8.42 Å². The molecule has 0 unspecified atom stereocenters. The van der Waals surface area contributed by atoms with Crippen molar-refractivity contribution in [1.29, 1.82) is 0 Å². The maximum absolute atomic E-state index is 12.4. The summed E-state index contributed by atoms with van der Waals surface area (Å²) in [6, 6.07) is 11.7. The lowest BCUT2D eigenvalue weighted by Crippen LogP contribution is -2.34. The third kappa shape index (κ3) is 5.02. The van der Waals surface area contributed by atoms with Gasteiger partial charge in [0.05, 0.1) is 0 Å². The predicted octanol–water partition coefficient (Wildman–Crippen LogP) is 4.31. The van der Waals surface area contributed by atoms with Gasteiger partial charge in [0.25, 0.3) is 15.9 Å². The van der Waals surface area contributed by atoms with E-state index in [0.717, 1.165) is 22.5 Å². The molecule has 1 N–H and O–H groups in total. The number of aromatic nitrogens is 1. The molecule has 0 fully saturated rings. The second-order valence-corrected chi connectivity index (χ2v) is 9.09. The van der Waals surface area contributed by atoms with Gasteiger partial charge < -0.3 is 4.74 Å². The SMILES string of the molecule is Cc1cc(Cl)ccc1OCC(=O)NS(=O)(=O)c1csc(-c2ccc(Cl)cc2)n1. The molecule has 3 rings (SSSR count). The van der Waals surface area contributed by atoms with Crippen LogP contribution in [-0.2, 0) is 14.8 Å². The number of ether oxygens (including phenoxy) is 1. The van der Waals surface area contributed by atoms with E-state index in [2.05, 4.69) is 4.98 Å². The molecule has 1 heterocycles. The van der Waals surface area contributed by atoms with Gasteiger partial charge in [-0.1, -0.05) is 35.3 Å². The average Bonchev–Trinajstić information content (AvgIpc) is 3.12. The quantitative estimate of drug-likeness (QED) is 0.596. The third-order valence-electron chi connectivity index (χ3n) is 3.59. The number of aryl methyl sites for hydroxylation is 1. The van der Waals surface area contributed by atoms with Crippen LogP contribution < -0.4 is 9.46 Å². The van der Waals surface area contributed by atoms with Crippen LogP contribution in [0.25, 0.3) is 10.6 Å². The zero-order valence-electron chi connectivity index (χ0n) is 14.5. The van der Waals surface area contributed by atoms with E-state index in [1.165, 1.54) is 5.38 Å². The van der Waals surface area contributed by atoms with Gasteiger partial charge in [0.15, 0.2) is 11.6 Å². The van der Waals surface area contributed by atoms with Crippen LogP contribution in [0.3, 0.4) is 0 Å². The summed E-state index contributed by atoms with van der Waals surface area (Å²) in [6.45, 7) is 1.30. The summed E-state index contributed by atoms with van der Waals surface area (Å²) < 4.78 is 32.1. The summed E-state index contributed by atoms with van der Waals surface area (Å²) in [5.74, 6) is -0.369. The van der Waals surface area contributed by atoms with Crippen molar-refractivity contribution in [2.45, 2.75) is 11.9 Å². The molecule has 1 amide bonds. The van der Waals surface area contributed by atoms with Gasteiger partial charge in [-0.05, 0) is 42.8 Å². The van der Waals surface area contributed by atoms with Crippen molar-refractivity contribution in [1.82, 2.24) is 9.71 Å². The Kier molecular flexibility index (Phi) is 6.24. The number of thiazole rings is 1. The van der Waals surface area contributed by atoms with Crippen molar-refractivity contribution in [2.24, 2.45) is 0 Å². The molecule has 0 saturated heterocycles. The van der Waals surface area contributed by atoms with Crippen LogP contribution in [0.4, 0.5) is 0 Å². The van der Waals surface area contributed by atoms with Gasteiger partial charge in [-0.25, -0.2) is 9.71 Å². The molecule has 6 nitrogen and oxygen atoms in total. The first kappa shape index (κ1) is 20.6. The van der Waals surface area contributed by atoms with Crippen LogP contribution in [0.5, 0.6) is 5.75 Å². The maximum atomic E-state index is 12.4. The first-order valence-corrected chi connectivity index (χ1v) is 11.0. The smallest absolute Gasteiger partial charge is 0.282 e. The number of carbonyl (C=O) groups is 1. The lowest BCUT2D eigenvalue weighted by atomic mass is 10.2. The molecule has 146 valence electrons. The van der Waals surface area contributed by atoms with Crippen LogP contribution >= 0.6 is 34.5 Å². The Morgan fingerprint density at radius 3 is 2.50 bits per heavy atom. The standard InChI is InChI=1S/C18H14Cl2N2O4S2/c1-11-8-14(20)6-7-15(11)26-9-16(23)22-28(24,25)17-10-27-18(21-17)12-2-4-13(19)5-3-12/h2-8,10H,9H2,1H3,(H,22,23). The Labute approximate surface area is 176 Å². The number of hydrogen-bond acceptors (Lipinski definition) is 6. The zero-order chi connectivity index (χ0) is 20.3. The van der Waals surface area contributed by atoms with Crippen LogP contribution in [0, 0.1) is 6.92 Å². The highest BCUT2D eigenvalue weighted by molar-refractivity contribution is 7.90. The highest BCUT2D eigenvalue weighted by Crippen LogP contribution is 2.26. The molecule has 0 aliphatic carbocycles. The van der Waals surface area contributed by atoms with Crippen molar-refractivity contribution in [2.75, 3.05) is 6.61 Å². The van der Waals surface area contributed by atoms with Crippen LogP contribution in [0.15, 0.2) is 52.9 Å². The fourth-order valence-electron chi connectivity index (χ4n) is 2.26. The zero-order valence-corrected chi connectivity index (χ0v) is 17.6. The molecule has 10 heteroatoms. The molecule has 0 bridgehead atoms. The molecule has 0 aliphatic rings. The Balaban J connectivity index is 1.66. The van der Waals surface area contributed by atoms with Crippen molar-refractivity contribution in [3.63, 3.8) is 0 Å². The first-order chi connectivity index (χ1) is 13.2. The summed E-state index contributed by atoms with van der Waals surface area (Å²) in [4.78, 5) is 16.1. The molecular weight excluding hydrogens is 443 g/mol. The maximum Gasteiger partial charge on any atom is 0.282 e. The van der Waals surface area contributed by atoms with Crippen molar-refractivity contribution in [3.8, 4) is 16.3 Å². The highest BCUT2D eigenvalue weighted by Gasteiger charge is 2.22. The van der Waals surface area contributed by atoms with Crippen LogP contribution in [0.2, 0.25) is 10.0 Å². The van der Waals surface area contributed by atoms with Gasteiger partial charge in [0.2, 0.25) is 0 Å². The van der Waals surface area contributed by atoms with Gasteiger partial charge in [-0.3, -0.25) is 4.79 Å². The molecule has 0 aliphatic heterocycles. The van der Waals surface area contributed by atoms with E-state index in [9.17, 15) is 13.2 Å². The van der Waals surface area contributed by atoms with Crippen molar-refractivity contribution in [3.05, 3.63) is 63.5 Å². The highest BCUT2D eigenvalue weighted by atomic mass is 35.5. The molecule has 3 aromatic rings. The summed E-state index contributed by atoms with van der Waals surface area (Å²) in [6.07, 6.45) is 0. The molecule has 2 aromatic carbocycles. The lowest BCUT2D eigenvalue weighted by Gasteiger charge is -2.09. The number of rotatable bonds is 6. The number of halogens is 2. The summed E-state index contributed by atoms with van der Waals surface area (Å²) in [5, 5.41) is 2.73. The molecule has 0 atom stereocenters. The number of nitrogens with zero attached hydrogens (tertiary/aromatic N) is 1. The fraction of sp³-hybridized carbons (Fsp3) is 0.111. The molecule has 1 aromatic heterocycles. The van der Waals surface area contributed by atoms with Crippen molar-refractivity contribution < 1.29 is 17.9 Å². The second kappa shape index (κ2) is 8.48. The van der Waals surface area contributed by atoms with Crippen molar-refractivity contribution >= 4 is 50.5 Å². The van der Waals surface area contributed by atoms with Gasteiger partial charge in [-0.15, -0.1) is 11.3 Å². The number of sulfonamides is 1. The van der Waals surface area contributed by atoms with Gasteiger partial charge in [0.1, 0.15) is 10.8 Å². The number of carbonyl (C=O) groups excluding carboxylic acids is 1. The Bertz CT molecular complexity index is 1110. The monoisotopic (exact) mass is 456 g/mol. The summed E-state index contributed by atoms with van der Waals surface area (Å²) >= 11 is 12.9. The lowest BCUT2D eigenvalue weighted by molar-refractivity contribution is -0.121. The minimum Gasteiger partial charge on any atom is -0.483 e. The number of benzene rings is 2. The molecule has 0 spiro atoms. The summed E-state index contributed by atoms with van der Waals surface area (Å²) in [7, 11) is -4.10. The Morgan fingerprint density at radius 1 is 1.14 bits per heavy atom. The Morgan fingerprint density at radius 2 is 1.82 bits per heavy atom. The van der Waals surface area contributed by atoms with E-state index in [4.69, 9.17) is 27.9 Å². The van der Waals surface area contributed by atoms with Gasteiger partial charge in [0, 0.05) is 21.0 Å². The van der Waals surface area contributed by atoms with E-state index in [-0.39, 0.29) is 5.03 Å². The topological polar surface area (TPSA) is 85.4 Å². The first-order valence-electron chi connectivity index (χ1n) is 7.91. The van der Waals surface area contributed by atoms with Gasteiger partial charge >= 0.3 is 0 Å². The predicted molar refractivity (Wildman–Crippen MR) is 110 cm³/mol. The minimum absolute atomic E-state index is 0.238. The summed E-state index contributed by atoms with van der Waals surface area (Å²) in [5.41, 5.74) is 1.46. The molecule has 0 saturated carbocycles. The van der Waals surface area contributed by atoms with E-state index in [1.54, 1.807) is 49.4 Å². The third-order valence-corrected chi connectivity index (χ3v) is 6.38. The van der Waals surface area contributed by atoms with E-state index in [0.29, 0.717) is 20.8 Å². The molecule has 0 radical (unpaired) electrons. The number of amides is 1.